The van der Waals surface area contributed by atoms with Gasteiger partial charge in [0.05, 0.1) is 12.2 Å². The van der Waals surface area contributed by atoms with Gasteiger partial charge in [-0.1, -0.05) is 0 Å². The van der Waals surface area contributed by atoms with Crippen molar-refractivity contribution in [1.82, 2.24) is 0 Å². The van der Waals surface area contributed by atoms with Gasteiger partial charge < -0.3 is 9.84 Å². The highest BCUT2D eigenvalue weighted by Gasteiger charge is 2.03. The lowest BCUT2D eigenvalue weighted by Crippen LogP contribution is -2.14. The minimum absolute atomic E-state index is 0.190. The van der Waals surface area contributed by atoms with Gasteiger partial charge in [-0.2, -0.15) is 0 Å². The first-order valence-electron chi connectivity index (χ1n) is 3.46. The Bertz CT molecular complexity index is 61.9. The molecule has 56 valence electrons. The topological polar surface area (TPSA) is 29.5 Å². The van der Waals surface area contributed by atoms with E-state index in [0.29, 0.717) is 0 Å². The summed E-state index contributed by atoms with van der Waals surface area (Å²) in [5.74, 6) is 0. The summed E-state index contributed by atoms with van der Waals surface area (Å²) in [6, 6.07) is 0. The molecule has 0 aliphatic heterocycles. The second-order valence-corrected chi connectivity index (χ2v) is 2.35. The van der Waals surface area contributed by atoms with Crippen LogP contribution in [0.5, 0.6) is 0 Å². The summed E-state index contributed by atoms with van der Waals surface area (Å²) in [6.07, 6.45) is 0.676. The van der Waals surface area contributed by atoms with Crippen LogP contribution in [0.1, 0.15) is 27.2 Å². The Morgan fingerprint density at radius 2 is 2.00 bits per heavy atom. The van der Waals surface area contributed by atoms with E-state index in [1.165, 1.54) is 0 Å². The lowest BCUT2D eigenvalue weighted by Gasteiger charge is -2.12. The quantitative estimate of drug-likeness (QED) is 0.622. The molecular formula is C7H16O2. The van der Waals surface area contributed by atoms with E-state index in [4.69, 9.17) is 9.84 Å². The summed E-state index contributed by atoms with van der Waals surface area (Å²) in [7, 11) is 0. The predicted octanol–water partition coefficient (Wildman–Crippen LogP) is 1.18. The van der Waals surface area contributed by atoms with E-state index in [0.717, 1.165) is 13.0 Å². The zero-order chi connectivity index (χ0) is 7.28. The van der Waals surface area contributed by atoms with E-state index < -0.39 is 0 Å². The Morgan fingerprint density at radius 3 is 2.33 bits per heavy atom. The molecule has 0 rings (SSSR count). The van der Waals surface area contributed by atoms with Crippen LogP contribution in [0.25, 0.3) is 0 Å². The second-order valence-electron chi connectivity index (χ2n) is 2.35. The summed E-state index contributed by atoms with van der Waals surface area (Å²) < 4.78 is 5.19. The fraction of sp³-hybridized carbons (Fsp3) is 1.00. The molecule has 0 fully saturated rings. The molecule has 0 aromatic heterocycles. The predicted molar refractivity (Wildman–Crippen MR) is 37.4 cm³/mol. The van der Waals surface area contributed by atoms with Crippen molar-refractivity contribution in [2.45, 2.75) is 39.4 Å². The summed E-state index contributed by atoms with van der Waals surface area (Å²) in [6.45, 7) is 6.43. The van der Waals surface area contributed by atoms with Crippen LogP contribution >= 0.6 is 0 Å². The van der Waals surface area contributed by atoms with Crippen molar-refractivity contribution in [2.24, 2.45) is 0 Å². The van der Waals surface area contributed by atoms with E-state index in [2.05, 4.69) is 0 Å². The second kappa shape index (κ2) is 4.77. The van der Waals surface area contributed by atoms with Crippen LogP contribution in [0.4, 0.5) is 0 Å². The molecule has 0 aliphatic rings. The van der Waals surface area contributed by atoms with Gasteiger partial charge in [-0.3, -0.25) is 0 Å². The maximum absolute atomic E-state index is 8.87. The molecule has 0 radical (unpaired) electrons. The van der Waals surface area contributed by atoms with Crippen molar-refractivity contribution in [3.05, 3.63) is 0 Å². The molecule has 0 heterocycles. The molecule has 9 heavy (non-hydrogen) atoms. The summed E-state index contributed by atoms with van der Waals surface area (Å²) in [5.41, 5.74) is 0. The van der Waals surface area contributed by atoms with Crippen LogP contribution in [-0.2, 0) is 4.74 Å². The van der Waals surface area contributed by atoms with Crippen molar-refractivity contribution < 1.29 is 9.84 Å². The number of rotatable bonds is 4. The average molecular weight is 132 g/mol. The van der Waals surface area contributed by atoms with E-state index in [1.807, 2.05) is 13.8 Å². The van der Waals surface area contributed by atoms with Crippen LogP contribution in [0.2, 0.25) is 0 Å². The average Bonchev–Trinajstić information content (AvgIpc) is 1.63. The molecule has 0 saturated heterocycles. The Balaban J connectivity index is 3.15. The fourth-order valence-electron chi connectivity index (χ4n) is 0.833. The van der Waals surface area contributed by atoms with Gasteiger partial charge in [0.25, 0.3) is 0 Å². The van der Waals surface area contributed by atoms with Crippen LogP contribution in [0, 0.1) is 0 Å². The third kappa shape index (κ3) is 5.80. The van der Waals surface area contributed by atoms with Crippen molar-refractivity contribution in [3.8, 4) is 0 Å². The molecule has 2 heteroatoms. The van der Waals surface area contributed by atoms with Gasteiger partial charge in [0.2, 0.25) is 0 Å². The molecule has 0 aromatic carbocycles. The standard InChI is InChI=1S/C7H16O2/c1-4-9-7(3)5-6(2)8/h6-8H,4-5H2,1-3H3/t6-,7+/m1/s1. The highest BCUT2D eigenvalue weighted by atomic mass is 16.5. The van der Waals surface area contributed by atoms with Gasteiger partial charge in [-0.25, -0.2) is 0 Å². The van der Waals surface area contributed by atoms with Crippen LogP contribution < -0.4 is 0 Å². The monoisotopic (exact) mass is 132 g/mol. The van der Waals surface area contributed by atoms with E-state index in [9.17, 15) is 0 Å². The third-order valence-corrected chi connectivity index (χ3v) is 1.12. The molecule has 0 aromatic rings. The van der Waals surface area contributed by atoms with Gasteiger partial charge in [0.1, 0.15) is 0 Å². The van der Waals surface area contributed by atoms with Crippen LogP contribution in [0.3, 0.4) is 0 Å². The molecule has 0 aliphatic carbocycles. The Kier molecular flexibility index (Phi) is 4.72. The van der Waals surface area contributed by atoms with E-state index >= 15 is 0 Å². The SMILES string of the molecule is CCO[C@@H](C)C[C@@H](C)O. The number of aliphatic hydroxyl groups excluding tert-OH is 1. The Morgan fingerprint density at radius 1 is 1.44 bits per heavy atom. The molecular weight excluding hydrogens is 116 g/mol. The van der Waals surface area contributed by atoms with Gasteiger partial charge in [0, 0.05) is 6.61 Å². The minimum atomic E-state index is -0.244. The summed E-state index contributed by atoms with van der Waals surface area (Å²) in [4.78, 5) is 0. The fourth-order valence-corrected chi connectivity index (χ4v) is 0.833. The summed E-state index contributed by atoms with van der Waals surface area (Å²) >= 11 is 0. The maximum Gasteiger partial charge on any atom is 0.0571 e. The molecule has 0 unspecified atom stereocenters. The Hall–Kier alpha value is -0.0800. The van der Waals surface area contributed by atoms with E-state index in [1.54, 1.807) is 6.92 Å². The van der Waals surface area contributed by atoms with Crippen molar-refractivity contribution in [3.63, 3.8) is 0 Å². The first-order valence-corrected chi connectivity index (χ1v) is 3.46. The number of aliphatic hydroxyl groups is 1. The number of hydrogen-bond donors (Lipinski definition) is 1. The summed E-state index contributed by atoms with van der Waals surface area (Å²) in [5, 5.41) is 8.87. The Labute approximate surface area is 56.8 Å². The van der Waals surface area contributed by atoms with Crippen molar-refractivity contribution in [2.75, 3.05) is 6.61 Å². The lowest BCUT2D eigenvalue weighted by atomic mass is 10.2. The molecule has 1 N–H and O–H groups in total. The van der Waals surface area contributed by atoms with Crippen LogP contribution in [-0.4, -0.2) is 23.9 Å². The highest BCUT2D eigenvalue weighted by molar-refractivity contribution is 4.54. The molecule has 0 amide bonds. The van der Waals surface area contributed by atoms with Crippen LogP contribution in [0.15, 0.2) is 0 Å². The first-order chi connectivity index (χ1) is 4.16. The number of hydrogen-bond acceptors (Lipinski definition) is 2. The minimum Gasteiger partial charge on any atom is -0.393 e. The normalized spacial score (nSPS) is 17.3. The zero-order valence-electron chi connectivity index (χ0n) is 6.42. The smallest absolute Gasteiger partial charge is 0.0571 e. The molecule has 2 atom stereocenters. The third-order valence-electron chi connectivity index (χ3n) is 1.12. The van der Waals surface area contributed by atoms with Gasteiger partial charge >= 0.3 is 0 Å². The lowest BCUT2D eigenvalue weighted by molar-refractivity contribution is 0.0364. The highest BCUT2D eigenvalue weighted by Crippen LogP contribution is 2.00. The maximum atomic E-state index is 8.87. The largest absolute Gasteiger partial charge is 0.393 e. The van der Waals surface area contributed by atoms with Gasteiger partial charge in [-0.15, -0.1) is 0 Å². The van der Waals surface area contributed by atoms with E-state index in [-0.39, 0.29) is 12.2 Å². The number of ether oxygens (including phenoxy) is 1. The van der Waals surface area contributed by atoms with Crippen molar-refractivity contribution in [1.29, 1.82) is 0 Å². The zero-order valence-corrected chi connectivity index (χ0v) is 6.42. The molecule has 0 saturated carbocycles. The molecule has 2 nitrogen and oxygen atoms in total. The van der Waals surface area contributed by atoms with Gasteiger partial charge in [0.15, 0.2) is 0 Å². The molecule has 0 bridgehead atoms. The van der Waals surface area contributed by atoms with Gasteiger partial charge in [-0.05, 0) is 27.2 Å². The first kappa shape index (κ1) is 8.92. The molecule has 0 spiro atoms. The van der Waals surface area contributed by atoms with Crippen molar-refractivity contribution >= 4 is 0 Å².